The average molecular weight is 302 g/mol. The molecule has 2 heterocycles. The maximum absolute atomic E-state index is 5.92. The third kappa shape index (κ3) is 5.01. The quantitative estimate of drug-likeness (QED) is 0.765. The van der Waals surface area contributed by atoms with E-state index in [2.05, 4.69) is 35.1 Å². The fourth-order valence-corrected chi connectivity index (χ4v) is 3.15. The van der Waals surface area contributed by atoms with Crippen molar-refractivity contribution < 1.29 is 4.74 Å². The van der Waals surface area contributed by atoms with Crippen molar-refractivity contribution in [2.24, 2.45) is 0 Å². The van der Waals surface area contributed by atoms with Gasteiger partial charge in [0.05, 0.1) is 12.7 Å². The van der Waals surface area contributed by atoms with E-state index < -0.39 is 0 Å². The van der Waals surface area contributed by atoms with Gasteiger partial charge in [0.15, 0.2) is 0 Å². The summed E-state index contributed by atoms with van der Waals surface area (Å²) in [6.45, 7) is 17.5. The molecule has 0 aromatic heterocycles. The third-order valence-corrected chi connectivity index (χ3v) is 4.34. The molecule has 2 aliphatic rings. The Balaban J connectivity index is 1.71. The average Bonchev–Trinajstić information content (AvgIpc) is 2.41. The molecular weight excluding hydrogens is 274 g/mol. The summed E-state index contributed by atoms with van der Waals surface area (Å²) in [5.41, 5.74) is 0. The Morgan fingerprint density at radius 2 is 1.85 bits per heavy atom. The van der Waals surface area contributed by atoms with E-state index in [9.17, 15) is 0 Å². The Labute approximate surface area is 128 Å². The zero-order valence-corrected chi connectivity index (χ0v) is 13.6. The summed E-state index contributed by atoms with van der Waals surface area (Å²) < 4.78 is 5.92. The first-order chi connectivity index (χ1) is 9.54. The summed E-state index contributed by atoms with van der Waals surface area (Å²) in [5, 5.41) is 0.738. The normalized spacial score (nSPS) is 27.1. The van der Waals surface area contributed by atoms with E-state index in [0.29, 0.717) is 12.1 Å². The third-order valence-electron chi connectivity index (χ3n) is 4.22. The summed E-state index contributed by atoms with van der Waals surface area (Å²) in [5.74, 6) is 0. The Morgan fingerprint density at radius 1 is 1.20 bits per heavy atom. The fraction of sp³-hybridized carbons (Fsp3) is 0.867. The number of halogens is 1. The molecule has 5 heteroatoms. The number of ether oxygens (including phenoxy) is 1. The first kappa shape index (κ1) is 16.2. The van der Waals surface area contributed by atoms with Crippen molar-refractivity contribution in [3.63, 3.8) is 0 Å². The largest absolute Gasteiger partial charge is 0.374 e. The van der Waals surface area contributed by atoms with Crippen LogP contribution in [0.4, 0.5) is 0 Å². The molecule has 0 spiro atoms. The molecule has 2 rings (SSSR count). The minimum atomic E-state index is 0.362. The molecule has 20 heavy (non-hydrogen) atoms. The molecule has 2 fully saturated rings. The summed E-state index contributed by atoms with van der Waals surface area (Å²) in [4.78, 5) is 7.40. The molecule has 0 radical (unpaired) electrons. The number of morpholine rings is 1. The lowest BCUT2D eigenvalue weighted by Crippen LogP contribution is -2.53. The van der Waals surface area contributed by atoms with Crippen LogP contribution < -0.4 is 0 Å². The Hall–Kier alpha value is -0.130. The van der Waals surface area contributed by atoms with Gasteiger partial charge in [0.2, 0.25) is 0 Å². The van der Waals surface area contributed by atoms with Crippen LogP contribution in [0.15, 0.2) is 11.6 Å². The van der Waals surface area contributed by atoms with Crippen molar-refractivity contribution in [2.45, 2.75) is 26.0 Å². The lowest BCUT2D eigenvalue weighted by Gasteiger charge is -2.40. The molecule has 0 aliphatic carbocycles. The van der Waals surface area contributed by atoms with Gasteiger partial charge in [-0.25, -0.2) is 0 Å². The van der Waals surface area contributed by atoms with Crippen molar-refractivity contribution in [2.75, 3.05) is 59.0 Å². The van der Waals surface area contributed by atoms with Crippen LogP contribution in [0.3, 0.4) is 0 Å². The number of hydrogen-bond donors (Lipinski definition) is 0. The van der Waals surface area contributed by atoms with Crippen molar-refractivity contribution in [3.8, 4) is 0 Å². The van der Waals surface area contributed by atoms with Gasteiger partial charge >= 0.3 is 0 Å². The molecule has 2 aliphatic heterocycles. The van der Waals surface area contributed by atoms with Crippen LogP contribution in [-0.2, 0) is 4.74 Å². The number of nitrogens with zero attached hydrogens (tertiary/aromatic N) is 3. The summed E-state index contributed by atoms with van der Waals surface area (Å²) >= 11 is 5.87. The first-order valence-electron chi connectivity index (χ1n) is 7.68. The van der Waals surface area contributed by atoms with Gasteiger partial charge in [-0.1, -0.05) is 18.2 Å². The second-order valence-electron chi connectivity index (χ2n) is 6.18. The van der Waals surface area contributed by atoms with E-state index in [1.807, 2.05) is 0 Å². The zero-order chi connectivity index (χ0) is 14.5. The Bertz CT molecular complexity index is 316. The second-order valence-corrected chi connectivity index (χ2v) is 6.71. The fourth-order valence-electron chi connectivity index (χ4n) is 2.98. The lowest BCUT2D eigenvalue weighted by molar-refractivity contribution is -0.0560. The van der Waals surface area contributed by atoms with E-state index in [1.165, 1.54) is 0 Å². The van der Waals surface area contributed by atoms with Gasteiger partial charge in [0, 0.05) is 63.4 Å². The Morgan fingerprint density at radius 3 is 2.45 bits per heavy atom. The van der Waals surface area contributed by atoms with Crippen LogP contribution in [0, 0.1) is 0 Å². The van der Waals surface area contributed by atoms with Gasteiger partial charge in [-0.3, -0.25) is 14.7 Å². The Kier molecular flexibility index (Phi) is 6.30. The highest BCUT2D eigenvalue weighted by Crippen LogP contribution is 2.12. The maximum atomic E-state index is 5.92. The number of piperazine rings is 1. The summed E-state index contributed by atoms with van der Waals surface area (Å²) in [7, 11) is 0. The van der Waals surface area contributed by atoms with Crippen LogP contribution in [0.1, 0.15) is 13.8 Å². The highest BCUT2D eigenvalue weighted by molar-refractivity contribution is 6.29. The smallest absolute Gasteiger partial charge is 0.0829 e. The SMILES string of the molecule is C=C(Cl)CN1CCN(CC2CN(C(C)C)CCO2)CC1. The number of rotatable bonds is 5. The molecule has 0 amide bonds. The maximum Gasteiger partial charge on any atom is 0.0829 e. The van der Waals surface area contributed by atoms with Crippen molar-refractivity contribution in [1.29, 1.82) is 0 Å². The molecule has 0 aromatic carbocycles. The van der Waals surface area contributed by atoms with E-state index >= 15 is 0 Å². The van der Waals surface area contributed by atoms with E-state index in [4.69, 9.17) is 16.3 Å². The van der Waals surface area contributed by atoms with E-state index in [-0.39, 0.29) is 0 Å². The van der Waals surface area contributed by atoms with E-state index in [1.54, 1.807) is 0 Å². The molecule has 0 N–H and O–H groups in total. The van der Waals surface area contributed by atoms with Crippen LogP contribution in [0.2, 0.25) is 0 Å². The molecular formula is C15H28ClN3O. The predicted molar refractivity (Wildman–Crippen MR) is 84.3 cm³/mol. The van der Waals surface area contributed by atoms with Crippen molar-refractivity contribution >= 4 is 11.6 Å². The molecule has 1 atom stereocenters. The minimum Gasteiger partial charge on any atom is -0.374 e. The minimum absolute atomic E-state index is 0.362. The van der Waals surface area contributed by atoms with Crippen LogP contribution in [0.25, 0.3) is 0 Å². The highest BCUT2D eigenvalue weighted by Gasteiger charge is 2.25. The van der Waals surface area contributed by atoms with Gasteiger partial charge < -0.3 is 4.74 Å². The standard InChI is InChI=1S/C15H28ClN3O/c1-13(2)19-8-9-20-15(12-19)11-18-6-4-17(5-7-18)10-14(3)16/h13,15H,3-12H2,1-2H3. The van der Waals surface area contributed by atoms with Gasteiger partial charge in [0.25, 0.3) is 0 Å². The number of hydrogen-bond acceptors (Lipinski definition) is 4. The van der Waals surface area contributed by atoms with Crippen molar-refractivity contribution in [1.82, 2.24) is 14.7 Å². The molecule has 4 nitrogen and oxygen atoms in total. The highest BCUT2D eigenvalue weighted by atomic mass is 35.5. The molecule has 1 unspecified atom stereocenters. The van der Waals surface area contributed by atoms with Gasteiger partial charge in [0.1, 0.15) is 0 Å². The van der Waals surface area contributed by atoms with Crippen molar-refractivity contribution in [3.05, 3.63) is 11.6 Å². The van der Waals surface area contributed by atoms with Crippen LogP contribution >= 0.6 is 11.6 Å². The predicted octanol–water partition coefficient (Wildman–Crippen LogP) is 1.47. The summed E-state index contributed by atoms with van der Waals surface area (Å²) in [6.07, 6.45) is 0.362. The topological polar surface area (TPSA) is 19.0 Å². The molecule has 0 aromatic rings. The molecule has 0 saturated carbocycles. The zero-order valence-electron chi connectivity index (χ0n) is 12.9. The van der Waals surface area contributed by atoms with Crippen LogP contribution in [-0.4, -0.2) is 85.8 Å². The monoisotopic (exact) mass is 301 g/mol. The van der Waals surface area contributed by atoms with E-state index in [0.717, 1.165) is 64.0 Å². The van der Waals surface area contributed by atoms with Gasteiger partial charge in [-0.15, -0.1) is 0 Å². The first-order valence-corrected chi connectivity index (χ1v) is 8.06. The molecule has 0 bridgehead atoms. The molecule has 116 valence electrons. The second kappa shape index (κ2) is 7.76. The summed E-state index contributed by atoms with van der Waals surface area (Å²) in [6, 6.07) is 0.619. The molecule has 2 saturated heterocycles. The lowest BCUT2D eigenvalue weighted by atomic mass is 10.2. The van der Waals surface area contributed by atoms with Gasteiger partial charge in [-0.2, -0.15) is 0 Å². The van der Waals surface area contributed by atoms with Gasteiger partial charge in [-0.05, 0) is 13.8 Å². The van der Waals surface area contributed by atoms with Crippen LogP contribution in [0.5, 0.6) is 0 Å².